The molecule has 2 aromatic carbocycles. The number of hydrogen-bond donors (Lipinski definition) is 1. The van der Waals surface area contributed by atoms with Crippen LogP contribution >= 0.6 is 0 Å². The Hall–Kier alpha value is -2.62. The maximum absolute atomic E-state index is 12.3. The van der Waals surface area contributed by atoms with Gasteiger partial charge in [-0.05, 0) is 49.9 Å². The fourth-order valence-corrected chi connectivity index (χ4v) is 2.69. The Labute approximate surface area is 142 Å². The van der Waals surface area contributed by atoms with Gasteiger partial charge in [0.2, 0.25) is 5.91 Å². The van der Waals surface area contributed by atoms with Crippen molar-refractivity contribution in [3.8, 4) is 0 Å². The van der Waals surface area contributed by atoms with Crippen molar-refractivity contribution < 1.29 is 14.3 Å². The number of aryl methyl sites for hydroxylation is 4. The Morgan fingerprint density at radius 2 is 1.79 bits per heavy atom. The Morgan fingerprint density at radius 1 is 1.04 bits per heavy atom. The number of methoxy groups -OCH3 is 1. The summed E-state index contributed by atoms with van der Waals surface area (Å²) in [7, 11) is 1.33. The molecule has 4 nitrogen and oxygen atoms in total. The van der Waals surface area contributed by atoms with E-state index < -0.39 is 5.97 Å². The van der Waals surface area contributed by atoms with Gasteiger partial charge in [-0.1, -0.05) is 35.9 Å². The van der Waals surface area contributed by atoms with Gasteiger partial charge < -0.3 is 10.1 Å². The van der Waals surface area contributed by atoms with Crippen LogP contribution in [0.15, 0.2) is 36.4 Å². The molecular weight excluding hydrogens is 302 g/mol. The first kappa shape index (κ1) is 17.7. The van der Waals surface area contributed by atoms with Gasteiger partial charge in [0.25, 0.3) is 0 Å². The number of carbonyl (C=O) groups is 2. The molecule has 0 unspecified atom stereocenters. The van der Waals surface area contributed by atoms with E-state index in [-0.39, 0.29) is 5.91 Å². The third-order valence-electron chi connectivity index (χ3n) is 4.06. The number of anilines is 1. The number of rotatable bonds is 5. The van der Waals surface area contributed by atoms with Gasteiger partial charge in [-0.25, -0.2) is 4.79 Å². The molecule has 0 aliphatic carbocycles. The van der Waals surface area contributed by atoms with E-state index in [0.29, 0.717) is 24.1 Å². The van der Waals surface area contributed by atoms with Crippen molar-refractivity contribution in [2.24, 2.45) is 0 Å². The number of carbonyl (C=O) groups excluding carboxylic acids is 2. The SMILES string of the molecule is COC(=O)c1cccc(C)c1NC(=O)CCc1ccc(C)cc1C. The first-order valence-electron chi connectivity index (χ1n) is 7.96. The Morgan fingerprint density at radius 3 is 2.46 bits per heavy atom. The number of amides is 1. The summed E-state index contributed by atoms with van der Waals surface area (Å²) in [5.41, 5.74) is 5.29. The first-order valence-corrected chi connectivity index (χ1v) is 7.96. The number of para-hydroxylation sites is 1. The second-order valence-electron chi connectivity index (χ2n) is 5.97. The van der Waals surface area contributed by atoms with Crippen LogP contribution in [-0.4, -0.2) is 19.0 Å². The minimum Gasteiger partial charge on any atom is -0.465 e. The summed E-state index contributed by atoms with van der Waals surface area (Å²) in [6.45, 7) is 5.96. The third kappa shape index (κ3) is 4.22. The minimum absolute atomic E-state index is 0.116. The molecule has 2 aromatic rings. The summed E-state index contributed by atoms with van der Waals surface area (Å²) in [6.07, 6.45) is 1.02. The van der Waals surface area contributed by atoms with Gasteiger partial charge in [0.1, 0.15) is 0 Å². The largest absolute Gasteiger partial charge is 0.465 e. The second kappa shape index (κ2) is 7.77. The van der Waals surface area contributed by atoms with Gasteiger partial charge in [-0.3, -0.25) is 4.79 Å². The highest BCUT2D eigenvalue weighted by atomic mass is 16.5. The summed E-state index contributed by atoms with van der Waals surface area (Å²) >= 11 is 0. The van der Waals surface area contributed by atoms with Gasteiger partial charge >= 0.3 is 5.97 Å². The standard InChI is InChI=1S/C20H23NO3/c1-13-8-9-16(15(3)12-13)10-11-18(22)21-19-14(2)6-5-7-17(19)20(23)24-4/h5-9,12H,10-11H2,1-4H3,(H,21,22). The van der Waals surface area contributed by atoms with E-state index in [1.54, 1.807) is 12.1 Å². The fourth-order valence-electron chi connectivity index (χ4n) is 2.69. The zero-order valence-corrected chi connectivity index (χ0v) is 14.6. The van der Waals surface area contributed by atoms with E-state index in [1.807, 2.05) is 13.0 Å². The Kier molecular flexibility index (Phi) is 5.74. The minimum atomic E-state index is -0.455. The molecule has 0 fully saturated rings. The number of hydrogen-bond acceptors (Lipinski definition) is 3. The van der Waals surface area contributed by atoms with Gasteiger partial charge in [0, 0.05) is 6.42 Å². The maximum Gasteiger partial charge on any atom is 0.339 e. The lowest BCUT2D eigenvalue weighted by atomic mass is 10.0. The first-order chi connectivity index (χ1) is 11.4. The van der Waals surface area contributed by atoms with E-state index in [4.69, 9.17) is 4.74 Å². The van der Waals surface area contributed by atoms with Crippen LogP contribution in [0.5, 0.6) is 0 Å². The predicted molar refractivity (Wildman–Crippen MR) is 95.4 cm³/mol. The van der Waals surface area contributed by atoms with Crippen molar-refractivity contribution in [3.63, 3.8) is 0 Å². The van der Waals surface area contributed by atoms with Crippen LogP contribution in [-0.2, 0) is 16.0 Å². The molecule has 4 heteroatoms. The lowest BCUT2D eigenvalue weighted by Crippen LogP contribution is -2.17. The molecule has 0 atom stereocenters. The van der Waals surface area contributed by atoms with E-state index >= 15 is 0 Å². The average molecular weight is 325 g/mol. The molecule has 2 rings (SSSR count). The van der Waals surface area contributed by atoms with Crippen LogP contribution in [0.3, 0.4) is 0 Å². The van der Waals surface area contributed by atoms with Crippen molar-refractivity contribution in [2.75, 3.05) is 12.4 Å². The lowest BCUT2D eigenvalue weighted by molar-refractivity contribution is -0.116. The molecule has 0 spiro atoms. The molecular formula is C20H23NO3. The molecule has 1 N–H and O–H groups in total. The number of benzene rings is 2. The third-order valence-corrected chi connectivity index (χ3v) is 4.06. The van der Waals surface area contributed by atoms with Crippen molar-refractivity contribution in [1.29, 1.82) is 0 Å². The van der Waals surface area contributed by atoms with Gasteiger partial charge in [-0.15, -0.1) is 0 Å². The van der Waals surface area contributed by atoms with Gasteiger partial charge in [0.15, 0.2) is 0 Å². The highest BCUT2D eigenvalue weighted by Gasteiger charge is 2.15. The topological polar surface area (TPSA) is 55.4 Å². The van der Waals surface area contributed by atoms with Crippen molar-refractivity contribution >= 4 is 17.6 Å². The zero-order chi connectivity index (χ0) is 17.7. The zero-order valence-electron chi connectivity index (χ0n) is 14.6. The second-order valence-corrected chi connectivity index (χ2v) is 5.97. The Bertz CT molecular complexity index is 765. The number of esters is 1. The quantitative estimate of drug-likeness (QED) is 0.846. The molecule has 0 heterocycles. The van der Waals surface area contributed by atoms with Crippen LogP contribution in [0.25, 0.3) is 0 Å². The Balaban J connectivity index is 2.09. The molecule has 126 valence electrons. The van der Waals surface area contributed by atoms with Crippen molar-refractivity contribution in [1.82, 2.24) is 0 Å². The number of ether oxygens (including phenoxy) is 1. The summed E-state index contributed by atoms with van der Waals surface area (Å²) in [5.74, 6) is -0.571. The van der Waals surface area contributed by atoms with Crippen LogP contribution in [0.4, 0.5) is 5.69 Å². The monoisotopic (exact) mass is 325 g/mol. The van der Waals surface area contributed by atoms with Crippen LogP contribution in [0.1, 0.15) is 39.0 Å². The molecule has 1 amide bonds. The fraction of sp³-hybridized carbons (Fsp3) is 0.300. The highest BCUT2D eigenvalue weighted by molar-refractivity contribution is 6.02. The van der Waals surface area contributed by atoms with E-state index in [2.05, 4.69) is 37.4 Å². The summed E-state index contributed by atoms with van der Waals surface area (Å²) in [4.78, 5) is 24.2. The normalized spacial score (nSPS) is 10.3. The van der Waals surface area contributed by atoms with E-state index in [0.717, 1.165) is 11.1 Å². The summed E-state index contributed by atoms with van der Waals surface area (Å²) in [5, 5.41) is 2.86. The van der Waals surface area contributed by atoms with Crippen LogP contribution < -0.4 is 5.32 Å². The molecule has 0 saturated heterocycles. The molecule has 0 aliphatic heterocycles. The molecule has 0 saturated carbocycles. The van der Waals surface area contributed by atoms with Crippen LogP contribution in [0, 0.1) is 20.8 Å². The van der Waals surface area contributed by atoms with Gasteiger partial charge in [0.05, 0.1) is 18.4 Å². The smallest absolute Gasteiger partial charge is 0.339 e. The van der Waals surface area contributed by atoms with Crippen molar-refractivity contribution in [3.05, 3.63) is 64.2 Å². The molecule has 0 aromatic heterocycles. The van der Waals surface area contributed by atoms with Gasteiger partial charge in [-0.2, -0.15) is 0 Å². The number of nitrogens with one attached hydrogen (secondary N) is 1. The molecule has 0 aliphatic rings. The van der Waals surface area contributed by atoms with E-state index in [1.165, 1.54) is 18.2 Å². The lowest BCUT2D eigenvalue weighted by Gasteiger charge is -2.13. The molecule has 24 heavy (non-hydrogen) atoms. The van der Waals surface area contributed by atoms with Crippen molar-refractivity contribution in [2.45, 2.75) is 33.6 Å². The molecule has 0 radical (unpaired) electrons. The summed E-state index contributed by atoms with van der Waals surface area (Å²) in [6, 6.07) is 11.5. The summed E-state index contributed by atoms with van der Waals surface area (Å²) < 4.78 is 4.78. The maximum atomic E-state index is 12.3. The highest BCUT2D eigenvalue weighted by Crippen LogP contribution is 2.22. The average Bonchev–Trinajstić information content (AvgIpc) is 2.55. The van der Waals surface area contributed by atoms with E-state index in [9.17, 15) is 9.59 Å². The molecule has 0 bridgehead atoms. The van der Waals surface area contributed by atoms with Crippen LogP contribution in [0.2, 0.25) is 0 Å². The predicted octanol–water partition coefficient (Wildman–Crippen LogP) is 3.97.